The summed E-state index contributed by atoms with van der Waals surface area (Å²) in [5, 5.41) is 0. The van der Waals surface area contributed by atoms with Crippen LogP contribution >= 0.6 is 0 Å². The van der Waals surface area contributed by atoms with Crippen molar-refractivity contribution in [3.8, 4) is 0 Å². The Hall–Kier alpha value is -0.785. The topological polar surface area (TPSA) is 0 Å². The highest BCUT2D eigenvalue weighted by atomic mass is 19.1. The van der Waals surface area contributed by atoms with Crippen LogP contribution < -0.4 is 5.46 Å². The van der Waals surface area contributed by atoms with Crippen molar-refractivity contribution >= 4 is 13.3 Å². The molecule has 0 aliphatic rings. The summed E-state index contributed by atoms with van der Waals surface area (Å²) in [5.74, 6) is 0.154. The van der Waals surface area contributed by atoms with Gasteiger partial charge in [0, 0.05) is 0 Å². The molecule has 0 saturated heterocycles. The molecule has 1 rings (SSSR count). The van der Waals surface area contributed by atoms with Gasteiger partial charge in [-0.1, -0.05) is 31.8 Å². The van der Waals surface area contributed by atoms with Crippen molar-refractivity contribution in [1.29, 1.82) is 0 Å². The van der Waals surface area contributed by atoms with Crippen LogP contribution in [0.1, 0.15) is 38.2 Å². The highest BCUT2D eigenvalue weighted by molar-refractivity contribution is 6.32. The highest BCUT2D eigenvalue weighted by Crippen LogP contribution is 2.19. The summed E-state index contributed by atoms with van der Waals surface area (Å²) >= 11 is 0. The lowest BCUT2D eigenvalue weighted by Crippen LogP contribution is -2.06. The van der Waals surface area contributed by atoms with Gasteiger partial charge in [-0.05, 0) is 30.0 Å². The molecule has 0 amide bonds. The molecule has 0 heterocycles. The van der Waals surface area contributed by atoms with Crippen molar-refractivity contribution in [2.24, 2.45) is 0 Å². The SMILES string of the molecule is [B]c1cc(F)cc(C(C)CCC)c1. The molecule has 2 heteroatoms. The highest BCUT2D eigenvalue weighted by Gasteiger charge is 2.05. The molecule has 0 bridgehead atoms. The minimum Gasteiger partial charge on any atom is -0.207 e. The summed E-state index contributed by atoms with van der Waals surface area (Å²) in [6.07, 6.45) is 2.18. The third-order valence-electron chi connectivity index (χ3n) is 2.23. The summed E-state index contributed by atoms with van der Waals surface area (Å²) in [7, 11) is 5.55. The van der Waals surface area contributed by atoms with E-state index in [4.69, 9.17) is 7.85 Å². The van der Waals surface area contributed by atoms with Crippen LogP contribution in [-0.2, 0) is 0 Å². The summed E-state index contributed by atoms with van der Waals surface area (Å²) in [5.41, 5.74) is 1.51. The molecule has 0 aliphatic carbocycles. The second kappa shape index (κ2) is 4.45. The second-order valence-corrected chi connectivity index (χ2v) is 3.51. The average molecular weight is 176 g/mol. The maximum atomic E-state index is 12.9. The quantitative estimate of drug-likeness (QED) is 0.620. The van der Waals surface area contributed by atoms with Gasteiger partial charge < -0.3 is 0 Å². The largest absolute Gasteiger partial charge is 0.207 e. The van der Waals surface area contributed by atoms with E-state index in [0.717, 1.165) is 18.4 Å². The third kappa shape index (κ3) is 2.87. The number of rotatable bonds is 3. The predicted molar refractivity (Wildman–Crippen MR) is 55.1 cm³/mol. The molecule has 68 valence electrons. The summed E-state index contributed by atoms with van der Waals surface area (Å²) in [6, 6.07) is 4.77. The number of benzene rings is 1. The van der Waals surface area contributed by atoms with E-state index in [1.165, 1.54) is 6.07 Å². The van der Waals surface area contributed by atoms with E-state index in [0.29, 0.717) is 11.4 Å². The van der Waals surface area contributed by atoms with E-state index < -0.39 is 0 Å². The predicted octanol–water partition coefficient (Wildman–Crippen LogP) is 2.52. The molecule has 1 atom stereocenters. The average Bonchev–Trinajstić information content (AvgIpc) is 2.03. The molecule has 13 heavy (non-hydrogen) atoms. The number of hydrogen-bond acceptors (Lipinski definition) is 0. The molecule has 2 radical (unpaired) electrons. The first-order valence-corrected chi connectivity index (χ1v) is 4.69. The first-order chi connectivity index (χ1) is 6.13. The van der Waals surface area contributed by atoms with Crippen LogP contribution in [0.3, 0.4) is 0 Å². The minimum atomic E-state index is -0.238. The van der Waals surface area contributed by atoms with Crippen molar-refractivity contribution in [3.63, 3.8) is 0 Å². The van der Waals surface area contributed by atoms with Crippen LogP contribution in [-0.4, -0.2) is 7.85 Å². The van der Waals surface area contributed by atoms with E-state index >= 15 is 0 Å². The molecule has 0 spiro atoms. The molecule has 0 aromatic heterocycles. The molecule has 0 saturated carbocycles. The summed E-state index contributed by atoms with van der Waals surface area (Å²) < 4.78 is 12.9. The Morgan fingerprint density at radius 1 is 1.38 bits per heavy atom. The van der Waals surface area contributed by atoms with Crippen LogP contribution in [0.4, 0.5) is 4.39 Å². The lowest BCUT2D eigenvalue weighted by molar-refractivity contribution is 0.614. The molecule has 1 aromatic carbocycles. The van der Waals surface area contributed by atoms with Gasteiger partial charge in [0.2, 0.25) is 0 Å². The summed E-state index contributed by atoms with van der Waals surface area (Å²) in [4.78, 5) is 0. The molecular weight excluding hydrogens is 162 g/mol. The lowest BCUT2D eigenvalue weighted by atomic mass is 9.89. The van der Waals surface area contributed by atoms with E-state index in [9.17, 15) is 4.39 Å². The van der Waals surface area contributed by atoms with E-state index in [1.54, 1.807) is 6.07 Å². The number of hydrogen-bond donors (Lipinski definition) is 0. The van der Waals surface area contributed by atoms with Gasteiger partial charge in [-0.15, -0.1) is 0 Å². The Kier molecular flexibility index (Phi) is 3.53. The van der Waals surface area contributed by atoms with Crippen molar-refractivity contribution in [2.45, 2.75) is 32.6 Å². The Balaban J connectivity index is 2.87. The standard InChI is InChI=1S/C11H14BF/c1-3-4-8(2)9-5-10(12)7-11(13)6-9/h5-8H,3-4H2,1-2H3. The van der Waals surface area contributed by atoms with Gasteiger partial charge in [-0.2, -0.15) is 0 Å². The van der Waals surface area contributed by atoms with Gasteiger partial charge in [-0.25, -0.2) is 4.39 Å². The zero-order valence-electron chi connectivity index (χ0n) is 8.18. The van der Waals surface area contributed by atoms with E-state index in [1.807, 2.05) is 6.07 Å². The van der Waals surface area contributed by atoms with Crippen LogP contribution in [0.5, 0.6) is 0 Å². The molecule has 0 N–H and O–H groups in total. The Bertz CT molecular complexity index is 263. The Morgan fingerprint density at radius 2 is 2.08 bits per heavy atom. The maximum absolute atomic E-state index is 12.9. The van der Waals surface area contributed by atoms with Gasteiger partial charge in [0.1, 0.15) is 13.7 Å². The fourth-order valence-electron chi connectivity index (χ4n) is 1.52. The molecule has 1 unspecified atom stereocenters. The minimum absolute atomic E-state index is 0.238. The first kappa shape index (κ1) is 10.3. The van der Waals surface area contributed by atoms with Gasteiger partial charge in [0.15, 0.2) is 0 Å². The monoisotopic (exact) mass is 176 g/mol. The normalized spacial score (nSPS) is 12.8. The molecule has 0 fully saturated rings. The third-order valence-corrected chi connectivity index (χ3v) is 2.23. The number of halogens is 1. The van der Waals surface area contributed by atoms with Crippen LogP contribution in [0.2, 0.25) is 0 Å². The van der Waals surface area contributed by atoms with Crippen molar-refractivity contribution in [1.82, 2.24) is 0 Å². The molecular formula is C11H14BF. The van der Waals surface area contributed by atoms with Gasteiger partial charge in [0.05, 0.1) is 0 Å². The lowest BCUT2D eigenvalue weighted by Gasteiger charge is -2.11. The van der Waals surface area contributed by atoms with E-state index in [-0.39, 0.29) is 5.82 Å². The van der Waals surface area contributed by atoms with Gasteiger partial charge >= 0.3 is 0 Å². The Labute approximate surface area is 80.6 Å². The molecule has 0 aliphatic heterocycles. The van der Waals surface area contributed by atoms with Crippen molar-refractivity contribution in [2.75, 3.05) is 0 Å². The van der Waals surface area contributed by atoms with Gasteiger partial charge in [-0.3, -0.25) is 0 Å². The summed E-state index contributed by atoms with van der Waals surface area (Å²) in [6.45, 7) is 4.22. The van der Waals surface area contributed by atoms with Crippen molar-refractivity contribution in [3.05, 3.63) is 29.6 Å². The Morgan fingerprint density at radius 3 is 2.62 bits per heavy atom. The van der Waals surface area contributed by atoms with Crippen LogP contribution in [0, 0.1) is 5.82 Å². The maximum Gasteiger partial charge on any atom is 0.122 e. The fraction of sp³-hybridized carbons (Fsp3) is 0.455. The van der Waals surface area contributed by atoms with Crippen molar-refractivity contribution < 1.29 is 4.39 Å². The van der Waals surface area contributed by atoms with Crippen LogP contribution in [0.15, 0.2) is 18.2 Å². The van der Waals surface area contributed by atoms with Gasteiger partial charge in [0.25, 0.3) is 0 Å². The fourth-order valence-corrected chi connectivity index (χ4v) is 1.52. The molecule has 0 nitrogen and oxygen atoms in total. The zero-order valence-corrected chi connectivity index (χ0v) is 8.18. The smallest absolute Gasteiger partial charge is 0.122 e. The van der Waals surface area contributed by atoms with Crippen LogP contribution in [0.25, 0.3) is 0 Å². The first-order valence-electron chi connectivity index (χ1n) is 4.69. The molecule has 1 aromatic rings. The second-order valence-electron chi connectivity index (χ2n) is 3.51. The van der Waals surface area contributed by atoms with E-state index in [2.05, 4.69) is 13.8 Å². The zero-order chi connectivity index (χ0) is 9.84.